The van der Waals surface area contributed by atoms with Crippen LogP contribution in [0.2, 0.25) is 0 Å². The second kappa shape index (κ2) is 3.99. The Morgan fingerprint density at radius 3 is 2.83 bits per heavy atom. The van der Waals surface area contributed by atoms with Crippen molar-refractivity contribution < 1.29 is 4.39 Å². The fourth-order valence-electron chi connectivity index (χ4n) is 1.00. The molecule has 3 N–H and O–H groups in total. The molecule has 0 aromatic heterocycles. The minimum atomic E-state index is -0.269. The Balaban J connectivity index is 2.93. The SMILES string of the molecule is C=CC(NN)c1cccc(F)c1. The van der Waals surface area contributed by atoms with Gasteiger partial charge >= 0.3 is 0 Å². The zero-order chi connectivity index (χ0) is 8.97. The quantitative estimate of drug-likeness (QED) is 0.406. The average molecular weight is 166 g/mol. The van der Waals surface area contributed by atoms with Crippen molar-refractivity contribution in [2.45, 2.75) is 6.04 Å². The molecule has 0 aliphatic heterocycles. The summed E-state index contributed by atoms with van der Waals surface area (Å²) >= 11 is 0. The number of hydrogen-bond acceptors (Lipinski definition) is 2. The van der Waals surface area contributed by atoms with Gasteiger partial charge in [0.15, 0.2) is 0 Å². The van der Waals surface area contributed by atoms with E-state index in [1.807, 2.05) is 0 Å². The minimum Gasteiger partial charge on any atom is -0.271 e. The summed E-state index contributed by atoms with van der Waals surface area (Å²) in [4.78, 5) is 0. The molecule has 12 heavy (non-hydrogen) atoms. The number of hydrazine groups is 1. The van der Waals surface area contributed by atoms with Gasteiger partial charge in [0, 0.05) is 0 Å². The molecule has 1 unspecified atom stereocenters. The molecular weight excluding hydrogens is 155 g/mol. The van der Waals surface area contributed by atoms with Crippen molar-refractivity contribution >= 4 is 0 Å². The van der Waals surface area contributed by atoms with Crippen molar-refractivity contribution in [1.29, 1.82) is 0 Å². The molecule has 1 aromatic rings. The van der Waals surface area contributed by atoms with Crippen LogP contribution >= 0.6 is 0 Å². The number of rotatable bonds is 3. The maximum Gasteiger partial charge on any atom is 0.123 e. The molecule has 0 heterocycles. The van der Waals surface area contributed by atoms with Crippen LogP contribution in [0.15, 0.2) is 36.9 Å². The normalized spacial score (nSPS) is 12.5. The summed E-state index contributed by atoms with van der Waals surface area (Å²) < 4.78 is 12.7. The Labute approximate surface area is 70.9 Å². The van der Waals surface area contributed by atoms with E-state index in [0.717, 1.165) is 5.56 Å². The van der Waals surface area contributed by atoms with E-state index in [9.17, 15) is 4.39 Å². The zero-order valence-corrected chi connectivity index (χ0v) is 6.63. The summed E-state index contributed by atoms with van der Waals surface area (Å²) in [5.74, 6) is 4.95. The Kier molecular flexibility index (Phi) is 2.96. The maximum atomic E-state index is 12.7. The summed E-state index contributed by atoms with van der Waals surface area (Å²) in [6.45, 7) is 3.57. The first-order valence-corrected chi connectivity index (χ1v) is 3.62. The Morgan fingerprint density at radius 1 is 1.58 bits per heavy atom. The molecule has 1 aromatic carbocycles. The van der Waals surface area contributed by atoms with Crippen LogP contribution in [0.1, 0.15) is 11.6 Å². The topological polar surface area (TPSA) is 38.0 Å². The summed E-state index contributed by atoms with van der Waals surface area (Å²) in [6.07, 6.45) is 1.62. The smallest absolute Gasteiger partial charge is 0.123 e. The third-order valence-electron chi connectivity index (χ3n) is 1.62. The van der Waals surface area contributed by atoms with Gasteiger partial charge in [-0.25, -0.2) is 9.82 Å². The predicted octanol–water partition coefficient (Wildman–Crippen LogP) is 1.52. The number of nitrogens with two attached hydrogens (primary N) is 1. The summed E-state index contributed by atoms with van der Waals surface area (Å²) in [6, 6.07) is 6.04. The van der Waals surface area contributed by atoms with Crippen molar-refractivity contribution in [2.75, 3.05) is 0 Å². The summed E-state index contributed by atoms with van der Waals surface area (Å²) in [7, 11) is 0. The highest BCUT2D eigenvalue weighted by Crippen LogP contribution is 2.13. The molecule has 3 heteroatoms. The molecule has 1 rings (SSSR count). The van der Waals surface area contributed by atoms with Gasteiger partial charge in [0.05, 0.1) is 6.04 Å². The number of benzene rings is 1. The third kappa shape index (κ3) is 1.90. The van der Waals surface area contributed by atoms with Gasteiger partial charge in [0.25, 0.3) is 0 Å². The zero-order valence-electron chi connectivity index (χ0n) is 6.63. The van der Waals surface area contributed by atoms with Crippen LogP contribution in [0.5, 0.6) is 0 Å². The largest absolute Gasteiger partial charge is 0.271 e. The standard InChI is InChI=1S/C9H11FN2/c1-2-9(12-11)7-4-3-5-8(10)6-7/h2-6,9,12H,1,11H2. The van der Waals surface area contributed by atoms with Crippen LogP contribution in [0.3, 0.4) is 0 Å². The Morgan fingerprint density at radius 2 is 2.33 bits per heavy atom. The monoisotopic (exact) mass is 166 g/mol. The van der Waals surface area contributed by atoms with Gasteiger partial charge in [0.1, 0.15) is 5.82 Å². The molecule has 0 fully saturated rings. The molecule has 1 atom stereocenters. The first-order chi connectivity index (χ1) is 5.77. The second-order valence-electron chi connectivity index (χ2n) is 2.44. The lowest BCUT2D eigenvalue weighted by molar-refractivity contribution is 0.612. The van der Waals surface area contributed by atoms with Gasteiger partial charge in [-0.2, -0.15) is 0 Å². The molecule has 0 saturated heterocycles. The van der Waals surface area contributed by atoms with E-state index >= 15 is 0 Å². The molecule has 0 aliphatic carbocycles. The van der Waals surface area contributed by atoms with Crippen LogP contribution in [0.4, 0.5) is 4.39 Å². The Hall–Kier alpha value is -1.19. The van der Waals surface area contributed by atoms with Gasteiger partial charge in [-0.1, -0.05) is 18.2 Å². The van der Waals surface area contributed by atoms with Crippen LogP contribution < -0.4 is 11.3 Å². The molecule has 0 amide bonds. The van der Waals surface area contributed by atoms with Crippen molar-refractivity contribution in [3.63, 3.8) is 0 Å². The van der Waals surface area contributed by atoms with E-state index < -0.39 is 0 Å². The van der Waals surface area contributed by atoms with E-state index in [2.05, 4.69) is 12.0 Å². The lowest BCUT2D eigenvalue weighted by Gasteiger charge is -2.10. The van der Waals surface area contributed by atoms with Gasteiger partial charge in [-0.15, -0.1) is 6.58 Å². The molecule has 0 saturated carbocycles. The highest BCUT2D eigenvalue weighted by atomic mass is 19.1. The predicted molar refractivity (Wildman–Crippen MR) is 46.7 cm³/mol. The third-order valence-corrected chi connectivity index (χ3v) is 1.62. The highest BCUT2D eigenvalue weighted by molar-refractivity contribution is 5.22. The summed E-state index contributed by atoms with van der Waals surface area (Å²) in [5.41, 5.74) is 3.28. The highest BCUT2D eigenvalue weighted by Gasteiger charge is 2.04. The van der Waals surface area contributed by atoms with Crippen molar-refractivity contribution in [1.82, 2.24) is 5.43 Å². The van der Waals surface area contributed by atoms with E-state index in [0.29, 0.717) is 0 Å². The number of nitrogens with one attached hydrogen (secondary N) is 1. The average Bonchev–Trinajstić information content (AvgIpc) is 2.07. The second-order valence-corrected chi connectivity index (χ2v) is 2.44. The summed E-state index contributed by atoms with van der Waals surface area (Å²) in [5, 5.41) is 0. The minimum absolute atomic E-state index is 0.194. The fourth-order valence-corrected chi connectivity index (χ4v) is 1.00. The maximum absolute atomic E-state index is 12.7. The molecule has 0 radical (unpaired) electrons. The first-order valence-electron chi connectivity index (χ1n) is 3.62. The van der Waals surface area contributed by atoms with E-state index in [1.54, 1.807) is 18.2 Å². The van der Waals surface area contributed by atoms with Crippen LogP contribution in [0.25, 0.3) is 0 Å². The molecule has 0 spiro atoms. The number of halogens is 1. The lowest BCUT2D eigenvalue weighted by atomic mass is 10.1. The first kappa shape index (κ1) is 8.90. The van der Waals surface area contributed by atoms with Gasteiger partial charge in [-0.3, -0.25) is 5.84 Å². The Bertz CT molecular complexity index is 273. The number of hydrogen-bond donors (Lipinski definition) is 2. The van der Waals surface area contributed by atoms with Gasteiger partial charge in [0.2, 0.25) is 0 Å². The van der Waals surface area contributed by atoms with Crippen molar-refractivity contribution in [3.05, 3.63) is 48.3 Å². The molecule has 0 aliphatic rings. The van der Waals surface area contributed by atoms with Crippen LogP contribution in [-0.4, -0.2) is 0 Å². The van der Waals surface area contributed by atoms with Crippen LogP contribution in [0, 0.1) is 5.82 Å². The molecule has 2 nitrogen and oxygen atoms in total. The van der Waals surface area contributed by atoms with E-state index in [4.69, 9.17) is 5.84 Å². The van der Waals surface area contributed by atoms with Crippen molar-refractivity contribution in [2.24, 2.45) is 5.84 Å². The van der Waals surface area contributed by atoms with Crippen molar-refractivity contribution in [3.8, 4) is 0 Å². The van der Waals surface area contributed by atoms with Gasteiger partial charge in [-0.05, 0) is 17.7 Å². The van der Waals surface area contributed by atoms with E-state index in [1.165, 1.54) is 12.1 Å². The molecular formula is C9H11FN2. The van der Waals surface area contributed by atoms with Crippen LogP contribution in [-0.2, 0) is 0 Å². The molecule has 64 valence electrons. The van der Waals surface area contributed by atoms with E-state index in [-0.39, 0.29) is 11.9 Å². The molecule has 0 bridgehead atoms. The fraction of sp³-hybridized carbons (Fsp3) is 0.111. The van der Waals surface area contributed by atoms with Gasteiger partial charge < -0.3 is 0 Å². The lowest BCUT2D eigenvalue weighted by Crippen LogP contribution is -2.26.